The van der Waals surface area contributed by atoms with Crippen LogP contribution in [0.4, 0.5) is 13.2 Å². The van der Waals surface area contributed by atoms with Gasteiger partial charge in [-0.1, -0.05) is 6.07 Å². The molecule has 1 fully saturated rings. The van der Waals surface area contributed by atoms with Gasteiger partial charge in [0.15, 0.2) is 0 Å². The molecule has 0 radical (unpaired) electrons. The summed E-state index contributed by atoms with van der Waals surface area (Å²) in [6.07, 6.45) is 2.66. The number of pyridine rings is 2. The Kier molecular flexibility index (Phi) is 4.97. The Morgan fingerprint density at radius 1 is 1.24 bits per heavy atom. The van der Waals surface area contributed by atoms with Crippen LogP contribution in [0.15, 0.2) is 36.8 Å². The number of halogens is 3. The minimum absolute atomic E-state index is 0.173. The van der Waals surface area contributed by atoms with E-state index in [1.54, 1.807) is 19.2 Å². The van der Waals surface area contributed by atoms with Crippen molar-refractivity contribution in [3.63, 3.8) is 0 Å². The van der Waals surface area contributed by atoms with Gasteiger partial charge in [0.25, 0.3) is 0 Å². The average molecular weight is 403 g/mol. The molecule has 1 amide bonds. The number of hydrogen-bond donors (Lipinski definition) is 1. The molecule has 9 heteroatoms. The van der Waals surface area contributed by atoms with E-state index in [0.29, 0.717) is 22.5 Å². The van der Waals surface area contributed by atoms with Gasteiger partial charge in [-0.3, -0.25) is 19.4 Å². The molecular weight excluding hydrogens is 383 g/mol. The van der Waals surface area contributed by atoms with Gasteiger partial charge >= 0.3 is 6.18 Å². The van der Waals surface area contributed by atoms with Gasteiger partial charge in [0.1, 0.15) is 6.54 Å². The molecule has 3 aromatic heterocycles. The normalized spacial score (nSPS) is 15.4. The lowest BCUT2D eigenvalue weighted by Gasteiger charge is -2.14. The number of carbonyl (C=O) groups excluding carboxylic acids is 1. The maximum atomic E-state index is 12.6. The van der Waals surface area contributed by atoms with Crippen molar-refractivity contribution in [2.24, 2.45) is 0 Å². The van der Waals surface area contributed by atoms with Gasteiger partial charge in [-0.15, -0.1) is 0 Å². The Bertz CT molecular complexity index is 1020. The van der Waals surface area contributed by atoms with Crippen molar-refractivity contribution < 1.29 is 18.0 Å². The average Bonchev–Trinajstić information content (AvgIpc) is 3.43. The molecule has 1 aliphatic rings. The number of rotatable bonds is 6. The van der Waals surface area contributed by atoms with Crippen LogP contribution in [-0.4, -0.2) is 31.8 Å². The second kappa shape index (κ2) is 7.46. The zero-order valence-electron chi connectivity index (χ0n) is 15.8. The van der Waals surface area contributed by atoms with Gasteiger partial charge in [-0.05, 0) is 37.5 Å². The highest BCUT2D eigenvalue weighted by molar-refractivity contribution is 5.80. The first kappa shape index (κ1) is 19.4. The molecule has 29 heavy (non-hydrogen) atoms. The molecule has 0 aromatic carbocycles. The molecule has 0 bridgehead atoms. The molecule has 3 aromatic rings. The number of amides is 1. The van der Waals surface area contributed by atoms with Crippen LogP contribution >= 0.6 is 0 Å². The summed E-state index contributed by atoms with van der Waals surface area (Å²) in [5.41, 5.74) is 2.76. The lowest BCUT2D eigenvalue weighted by atomic mass is 10.1. The van der Waals surface area contributed by atoms with Gasteiger partial charge < -0.3 is 5.32 Å². The fraction of sp³-hybridized carbons (Fsp3) is 0.400. The van der Waals surface area contributed by atoms with Crippen LogP contribution in [0, 0.1) is 0 Å². The third kappa shape index (κ3) is 4.72. The number of nitrogens with zero attached hydrogens (tertiary/aromatic N) is 4. The van der Waals surface area contributed by atoms with Crippen LogP contribution in [0.5, 0.6) is 0 Å². The number of fused-ring (bicyclic) bond motifs is 1. The molecule has 1 N–H and O–H groups in total. The van der Waals surface area contributed by atoms with E-state index in [-0.39, 0.29) is 12.3 Å². The monoisotopic (exact) mass is 403 g/mol. The standard InChI is InChI=1S/C20H20F3N5O/c1-12(27-19(29)6-13-2-5-16(24-8-13)14-3-4-14)17-7-15-9-26-28(11-20(21,22)23)18(15)10-25-17/h2,5,7-10,12,14H,3-4,6,11H2,1H3,(H,27,29)/t12-/m1/s1. The summed E-state index contributed by atoms with van der Waals surface area (Å²) < 4.78 is 38.7. The lowest BCUT2D eigenvalue weighted by Crippen LogP contribution is -2.28. The lowest BCUT2D eigenvalue weighted by molar-refractivity contribution is -0.141. The number of aromatic nitrogens is 4. The van der Waals surface area contributed by atoms with Crippen molar-refractivity contribution in [3.05, 3.63) is 53.7 Å². The smallest absolute Gasteiger partial charge is 0.348 e. The number of alkyl halides is 3. The van der Waals surface area contributed by atoms with Gasteiger partial charge in [-0.25, -0.2) is 0 Å². The van der Waals surface area contributed by atoms with E-state index in [1.165, 1.54) is 25.2 Å². The van der Waals surface area contributed by atoms with Crippen molar-refractivity contribution in [2.75, 3.05) is 0 Å². The fourth-order valence-corrected chi connectivity index (χ4v) is 3.24. The van der Waals surface area contributed by atoms with Gasteiger partial charge in [-0.2, -0.15) is 18.3 Å². The highest BCUT2D eigenvalue weighted by Gasteiger charge is 2.29. The zero-order chi connectivity index (χ0) is 20.6. The fourth-order valence-electron chi connectivity index (χ4n) is 3.24. The van der Waals surface area contributed by atoms with Crippen molar-refractivity contribution in [3.8, 4) is 0 Å². The van der Waals surface area contributed by atoms with Gasteiger partial charge in [0.2, 0.25) is 5.91 Å². The second-order valence-electron chi connectivity index (χ2n) is 7.42. The molecule has 4 rings (SSSR count). The second-order valence-corrected chi connectivity index (χ2v) is 7.42. The van der Waals surface area contributed by atoms with Gasteiger partial charge in [0, 0.05) is 23.2 Å². The van der Waals surface area contributed by atoms with E-state index in [2.05, 4.69) is 20.4 Å². The highest BCUT2D eigenvalue weighted by Crippen LogP contribution is 2.38. The number of carbonyl (C=O) groups is 1. The molecular formula is C20H20F3N5O. The molecule has 0 unspecified atom stereocenters. The van der Waals surface area contributed by atoms with Gasteiger partial charge in [0.05, 0.1) is 36.1 Å². The van der Waals surface area contributed by atoms with Crippen LogP contribution in [0.3, 0.4) is 0 Å². The molecule has 6 nitrogen and oxygen atoms in total. The Balaban J connectivity index is 1.40. The molecule has 1 saturated carbocycles. The van der Waals surface area contributed by atoms with Crippen LogP contribution in [-0.2, 0) is 17.8 Å². The topological polar surface area (TPSA) is 72.7 Å². The molecule has 0 aliphatic heterocycles. The Morgan fingerprint density at radius 2 is 2.03 bits per heavy atom. The highest BCUT2D eigenvalue weighted by atomic mass is 19.4. The summed E-state index contributed by atoms with van der Waals surface area (Å²) in [6.45, 7) is 0.609. The Morgan fingerprint density at radius 3 is 2.69 bits per heavy atom. The number of nitrogens with one attached hydrogen (secondary N) is 1. The van der Waals surface area contributed by atoms with Crippen molar-refractivity contribution in [1.29, 1.82) is 0 Å². The van der Waals surface area contributed by atoms with Crippen LogP contribution in [0.25, 0.3) is 10.9 Å². The first-order valence-corrected chi connectivity index (χ1v) is 9.41. The van der Waals surface area contributed by atoms with E-state index >= 15 is 0 Å². The third-order valence-corrected chi connectivity index (χ3v) is 4.91. The van der Waals surface area contributed by atoms with E-state index in [1.807, 2.05) is 12.1 Å². The first-order valence-electron chi connectivity index (χ1n) is 9.41. The largest absolute Gasteiger partial charge is 0.408 e. The van der Waals surface area contributed by atoms with Crippen LogP contribution in [0.2, 0.25) is 0 Å². The molecule has 1 aliphatic carbocycles. The predicted octanol–water partition coefficient (Wildman–Crippen LogP) is 3.69. The summed E-state index contributed by atoms with van der Waals surface area (Å²) >= 11 is 0. The van der Waals surface area contributed by atoms with E-state index in [4.69, 9.17) is 0 Å². The predicted molar refractivity (Wildman–Crippen MR) is 100 cm³/mol. The minimum Gasteiger partial charge on any atom is -0.348 e. The first-order chi connectivity index (χ1) is 13.8. The minimum atomic E-state index is -4.36. The summed E-state index contributed by atoms with van der Waals surface area (Å²) in [4.78, 5) is 21.0. The summed E-state index contributed by atoms with van der Waals surface area (Å²) in [5, 5.41) is 7.19. The maximum Gasteiger partial charge on any atom is 0.408 e. The zero-order valence-corrected chi connectivity index (χ0v) is 15.8. The molecule has 3 heterocycles. The number of hydrogen-bond acceptors (Lipinski definition) is 4. The van der Waals surface area contributed by atoms with Crippen molar-refractivity contribution in [2.45, 2.75) is 50.9 Å². The van der Waals surface area contributed by atoms with Crippen molar-refractivity contribution in [1.82, 2.24) is 25.1 Å². The third-order valence-electron chi connectivity index (χ3n) is 4.91. The van der Waals surface area contributed by atoms with Crippen LogP contribution in [0.1, 0.15) is 48.7 Å². The molecule has 0 spiro atoms. The quantitative estimate of drug-likeness (QED) is 0.681. The van der Waals surface area contributed by atoms with Crippen LogP contribution < -0.4 is 5.32 Å². The maximum absolute atomic E-state index is 12.6. The summed E-state index contributed by atoms with van der Waals surface area (Å²) in [6, 6.07) is 5.14. The van der Waals surface area contributed by atoms with Crippen molar-refractivity contribution >= 4 is 16.8 Å². The summed E-state index contributed by atoms with van der Waals surface area (Å²) in [5.74, 6) is 0.396. The van der Waals surface area contributed by atoms with E-state index in [9.17, 15) is 18.0 Å². The Hall–Kier alpha value is -2.97. The SMILES string of the molecule is C[C@@H](NC(=O)Cc1ccc(C2CC2)nc1)c1cc2cnn(CC(F)(F)F)c2cn1. The molecule has 0 saturated heterocycles. The Labute approximate surface area is 165 Å². The molecule has 1 atom stereocenters. The summed E-state index contributed by atoms with van der Waals surface area (Å²) in [7, 11) is 0. The van der Waals surface area contributed by atoms with E-state index in [0.717, 1.165) is 15.9 Å². The molecule has 152 valence electrons. The van der Waals surface area contributed by atoms with E-state index < -0.39 is 18.8 Å².